The Balaban J connectivity index is 0.00000210. The van der Waals surface area contributed by atoms with Crippen LogP contribution in [0, 0.1) is 6.92 Å². The Bertz CT molecular complexity index is 1110. The Kier molecular flexibility index (Phi) is 5.25. The lowest BCUT2D eigenvalue weighted by molar-refractivity contribution is 0.507. The van der Waals surface area contributed by atoms with Crippen molar-refractivity contribution in [2.75, 3.05) is 5.73 Å². The Hall–Kier alpha value is -2.02. The molecule has 0 radical (unpaired) electrons. The Labute approximate surface area is 166 Å². The van der Waals surface area contributed by atoms with Crippen LogP contribution in [-0.4, -0.2) is 13.0 Å². The predicted molar refractivity (Wildman–Crippen MR) is 112 cm³/mol. The second-order valence-corrected chi connectivity index (χ2v) is 8.67. The van der Waals surface area contributed by atoms with E-state index in [1.165, 1.54) is 0 Å². The maximum atomic E-state index is 13.3. The third kappa shape index (κ3) is 3.33. The maximum Gasteiger partial charge on any atom is 0.243 e. The van der Waals surface area contributed by atoms with E-state index in [0.29, 0.717) is 4.90 Å². The van der Waals surface area contributed by atoms with Crippen molar-refractivity contribution in [3.63, 3.8) is 0 Å². The summed E-state index contributed by atoms with van der Waals surface area (Å²) < 4.78 is 31.4. The SMILES string of the molecule is Cc1c(S(=O)(=O)NC2CCCc3cc(N)ccc32)c2ccccc2n1C.Cl. The predicted octanol–water partition coefficient (Wildman–Crippen LogP) is 3.85. The zero-order valence-corrected chi connectivity index (χ0v) is 17.0. The molecule has 5 nitrogen and oxygen atoms in total. The minimum atomic E-state index is -3.65. The number of para-hydroxylation sites is 1. The van der Waals surface area contributed by atoms with Crippen molar-refractivity contribution in [1.29, 1.82) is 0 Å². The molecular weight excluding hydrogens is 382 g/mol. The van der Waals surface area contributed by atoms with Crippen LogP contribution in [0.4, 0.5) is 5.69 Å². The highest BCUT2D eigenvalue weighted by Gasteiger charge is 2.29. The van der Waals surface area contributed by atoms with Gasteiger partial charge in [0.15, 0.2) is 0 Å². The molecule has 3 aromatic rings. The highest BCUT2D eigenvalue weighted by molar-refractivity contribution is 7.89. The van der Waals surface area contributed by atoms with Crippen molar-refractivity contribution >= 4 is 39.0 Å². The first-order chi connectivity index (χ1) is 12.4. The van der Waals surface area contributed by atoms with Crippen molar-refractivity contribution in [2.24, 2.45) is 7.05 Å². The first kappa shape index (κ1) is 19.7. The van der Waals surface area contributed by atoms with Gasteiger partial charge in [0.05, 0.1) is 0 Å². The fourth-order valence-corrected chi connectivity index (χ4v) is 5.75. The van der Waals surface area contributed by atoms with Gasteiger partial charge in [-0.2, -0.15) is 0 Å². The van der Waals surface area contributed by atoms with Crippen LogP contribution < -0.4 is 10.5 Å². The standard InChI is InChI=1S/C20H23N3O2S.ClH/c1-13-20(17-7-3-4-9-19(17)23(13)2)26(24,25)22-18-8-5-6-14-12-15(21)10-11-16(14)18;/h3-4,7,9-12,18,22H,5-6,8,21H2,1-2H3;1H. The lowest BCUT2D eigenvalue weighted by Gasteiger charge is -2.26. The smallest absolute Gasteiger partial charge is 0.243 e. The molecule has 0 spiro atoms. The molecule has 7 heteroatoms. The molecule has 0 saturated carbocycles. The van der Waals surface area contributed by atoms with Gasteiger partial charge in [-0.05, 0) is 55.5 Å². The number of anilines is 1. The molecule has 0 fully saturated rings. The van der Waals surface area contributed by atoms with Crippen LogP contribution in [-0.2, 0) is 23.5 Å². The van der Waals surface area contributed by atoms with Crippen LogP contribution in [0.5, 0.6) is 0 Å². The molecule has 3 N–H and O–H groups in total. The lowest BCUT2D eigenvalue weighted by atomic mass is 9.88. The van der Waals surface area contributed by atoms with E-state index in [1.807, 2.05) is 61.0 Å². The third-order valence-corrected chi connectivity index (χ3v) is 7.04. The molecule has 2 aromatic carbocycles. The lowest BCUT2D eigenvalue weighted by Crippen LogP contribution is -2.31. The average molecular weight is 406 g/mol. The van der Waals surface area contributed by atoms with Gasteiger partial charge in [0.2, 0.25) is 10.0 Å². The molecule has 0 aliphatic heterocycles. The Morgan fingerprint density at radius 3 is 2.70 bits per heavy atom. The zero-order valence-electron chi connectivity index (χ0n) is 15.4. The van der Waals surface area contributed by atoms with Crippen molar-refractivity contribution in [3.8, 4) is 0 Å². The van der Waals surface area contributed by atoms with Gasteiger partial charge in [0.1, 0.15) is 4.90 Å². The zero-order chi connectivity index (χ0) is 18.5. The molecule has 0 bridgehead atoms. The monoisotopic (exact) mass is 405 g/mol. The van der Waals surface area contributed by atoms with E-state index in [-0.39, 0.29) is 18.4 Å². The van der Waals surface area contributed by atoms with Gasteiger partial charge < -0.3 is 10.3 Å². The summed E-state index contributed by atoms with van der Waals surface area (Å²) in [6.07, 6.45) is 2.67. The molecule has 1 atom stereocenters. The van der Waals surface area contributed by atoms with Crippen LogP contribution in [0.25, 0.3) is 10.9 Å². The molecule has 0 saturated heterocycles. The summed E-state index contributed by atoms with van der Waals surface area (Å²) in [5.41, 5.74) is 10.4. The number of nitrogens with two attached hydrogens (primary N) is 1. The Morgan fingerprint density at radius 1 is 1.19 bits per heavy atom. The summed E-state index contributed by atoms with van der Waals surface area (Å²) in [7, 11) is -1.75. The normalized spacial score (nSPS) is 16.7. The number of nitrogen functional groups attached to an aromatic ring is 1. The van der Waals surface area contributed by atoms with Gasteiger partial charge in [-0.15, -0.1) is 12.4 Å². The molecule has 144 valence electrons. The Morgan fingerprint density at radius 2 is 1.93 bits per heavy atom. The summed E-state index contributed by atoms with van der Waals surface area (Å²) in [6.45, 7) is 1.85. The van der Waals surface area contributed by atoms with Crippen LogP contribution in [0.1, 0.15) is 35.7 Å². The molecule has 1 unspecified atom stereocenters. The van der Waals surface area contributed by atoms with Gasteiger partial charge in [-0.1, -0.05) is 24.3 Å². The highest BCUT2D eigenvalue weighted by atomic mass is 35.5. The topological polar surface area (TPSA) is 77.1 Å². The minimum Gasteiger partial charge on any atom is -0.399 e. The van der Waals surface area contributed by atoms with Crippen LogP contribution in [0.15, 0.2) is 47.4 Å². The molecule has 1 aromatic heterocycles. The van der Waals surface area contributed by atoms with Crippen molar-refractivity contribution in [2.45, 2.75) is 37.1 Å². The molecular formula is C20H24ClN3O2S. The largest absolute Gasteiger partial charge is 0.399 e. The second kappa shape index (κ2) is 7.19. The number of rotatable bonds is 3. The van der Waals surface area contributed by atoms with Crippen molar-refractivity contribution in [1.82, 2.24) is 9.29 Å². The number of halogens is 1. The van der Waals surface area contributed by atoms with E-state index in [1.54, 1.807) is 0 Å². The van der Waals surface area contributed by atoms with E-state index in [4.69, 9.17) is 5.73 Å². The highest BCUT2D eigenvalue weighted by Crippen LogP contribution is 2.34. The van der Waals surface area contributed by atoms with Crippen molar-refractivity contribution < 1.29 is 8.42 Å². The van der Waals surface area contributed by atoms with E-state index < -0.39 is 10.0 Å². The van der Waals surface area contributed by atoms with E-state index in [0.717, 1.165) is 52.7 Å². The number of hydrogen-bond donors (Lipinski definition) is 2. The van der Waals surface area contributed by atoms with Gasteiger partial charge in [0.25, 0.3) is 0 Å². The summed E-state index contributed by atoms with van der Waals surface area (Å²) in [5, 5.41) is 0.758. The first-order valence-corrected chi connectivity index (χ1v) is 10.3. The summed E-state index contributed by atoms with van der Waals surface area (Å²) >= 11 is 0. The number of nitrogens with one attached hydrogen (secondary N) is 1. The van der Waals surface area contributed by atoms with E-state index in [2.05, 4.69) is 4.72 Å². The third-order valence-electron chi connectivity index (χ3n) is 5.39. The molecule has 0 amide bonds. The van der Waals surface area contributed by atoms with E-state index >= 15 is 0 Å². The fraction of sp³-hybridized carbons (Fsp3) is 0.300. The van der Waals surface area contributed by atoms with Gasteiger partial charge in [-0.25, -0.2) is 13.1 Å². The average Bonchev–Trinajstić information content (AvgIpc) is 2.86. The van der Waals surface area contributed by atoms with Gasteiger partial charge >= 0.3 is 0 Å². The number of benzene rings is 2. The van der Waals surface area contributed by atoms with Gasteiger partial charge in [0, 0.05) is 35.4 Å². The molecule has 1 aliphatic rings. The molecule has 1 heterocycles. The number of aromatic nitrogens is 1. The summed E-state index contributed by atoms with van der Waals surface area (Å²) in [4.78, 5) is 0.373. The first-order valence-electron chi connectivity index (χ1n) is 8.83. The maximum absolute atomic E-state index is 13.3. The summed E-state index contributed by atoms with van der Waals surface area (Å²) in [5.74, 6) is 0. The number of sulfonamides is 1. The van der Waals surface area contributed by atoms with Crippen molar-refractivity contribution in [3.05, 3.63) is 59.3 Å². The fourth-order valence-electron chi connectivity index (χ4n) is 4.03. The molecule has 27 heavy (non-hydrogen) atoms. The molecule has 4 rings (SSSR count). The van der Waals surface area contributed by atoms with Crippen LogP contribution >= 0.6 is 12.4 Å². The molecule has 1 aliphatic carbocycles. The number of fused-ring (bicyclic) bond motifs is 2. The minimum absolute atomic E-state index is 0. The number of nitrogens with zero attached hydrogens (tertiary/aromatic N) is 1. The summed E-state index contributed by atoms with van der Waals surface area (Å²) in [6, 6.07) is 13.1. The van der Waals surface area contributed by atoms with Crippen LogP contribution in [0.2, 0.25) is 0 Å². The number of hydrogen-bond acceptors (Lipinski definition) is 3. The second-order valence-electron chi connectivity index (χ2n) is 7.02. The number of aryl methyl sites for hydroxylation is 2. The quantitative estimate of drug-likeness (QED) is 0.650. The van der Waals surface area contributed by atoms with Crippen LogP contribution in [0.3, 0.4) is 0 Å². The van der Waals surface area contributed by atoms with E-state index in [9.17, 15) is 8.42 Å². The van der Waals surface area contributed by atoms with Gasteiger partial charge in [-0.3, -0.25) is 0 Å².